The molecule has 2 aromatic rings. The van der Waals surface area contributed by atoms with Gasteiger partial charge in [-0.05, 0) is 42.0 Å². The number of rotatable bonds is 5. The highest BCUT2D eigenvalue weighted by Gasteiger charge is 2.45. The molecule has 5 heteroatoms. The molecule has 0 radical (unpaired) electrons. The number of carbonyl (C=O) groups is 1. The van der Waals surface area contributed by atoms with Gasteiger partial charge < -0.3 is 14.7 Å². The molecule has 146 valence electrons. The van der Waals surface area contributed by atoms with Crippen LogP contribution in [0.3, 0.4) is 0 Å². The van der Waals surface area contributed by atoms with Gasteiger partial charge >= 0.3 is 6.09 Å². The number of unbranched alkanes of at least 4 members (excludes halogenated alkanes) is 1. The number of pyridine rings is 1. The summed E-state index contributed by atoms with van der Waals surface area (Å²) < 4.78 is 6.46. The minimum atomic E-state index is -0.874. The first-order chi connectivity index (χ1) is 12.8. The van der Waals surface area contributed by atoms with Gasteiger partial charge in [-0.15, -0.1) is 0 Å². The van der Waals surface area contributed by atoms with Crippen LogP contribution in [0.15, 0.2) is 30.5 Å². The van der Waals surface area contributed by atoms with Crippen LogP contribution in [0.25, 0.3) is 10.9 Å². The van der Waals surface area contributed by atoms with Crippen LogP contribution in [-0.4, -0.2) is 39.8 Å². The Hall–Kier alpha value is -2.30. The van der Waals surface area contributed by atoms with Crippen molar-refractivity contribution in [2.24, 2.45) is 5.41 Å². The lowest BCUT2D eigenvalue weighted by atomic mass is 9.84. The highest BCUT2D eigenvalue weighted by atomic mass is 16.5. The van der Waals surface area contributed by atoms with Crippen molar-refractivity contribution < 1.29 is 14.6 Å². The molecule has 1 fully saturated rings. The van der Waals surface area contributed by atoms with E-state index in [1.54, 1.807) is 6.20 Å². The van der Waals surface area contributed by atoms with Crippen LogP contribution in [0.1, 0.15) is 52.5 Å². The molecule has 0 saturated carbocycles. The largest absolute Gasteiger partial charge is 0.486 e. The molecule has 1 N–H and O–H groups in total. The van der Waals surface area contributed by atoms with Gasteiger partial charge in [0.25, 0.3) is 0 Å². The molecular formula is C22H30N2O3. The number of amides is 1. The van der Waals surface area contributed by atoms with Crippen LogP contribution in [0.5, 0.6) is 5.75 Å². The number of hydrogen-bond acceptors (Lipinski definition) is 3. The maximum atomic E-state index is 11.7. The quantitative estimate of drug-likeness (QED) is 0.793. The van der Waals surface area contributed by atoms with Crippen LogP contribution >= 0.6 is 0 Å². The van der Waals surface area contributed by atoms with Gasteiger partial charge in [-0.2, -0.15) is 0 Å². The molecule has 27 heavy (non-hydrogen) atoms. The summed E-state index contributed by atoms with van der Waals surface area (Å²) in [4.78, 5) is 17.8. The van der Waals surface area contributed by atoms with Gasteiger partial charge in [0, 0.05) is 24.5 Å². The number of carboxylic acid groups (broad SMARTS) is 1. The molecule has 0 aliphatic carbocycles. The second-order valence-corrected chi connectivity index (χ2v) is 8.50. The third kappa shape index (κ3) is 4.18. The number of aryl methyl sites for hydroxylation is 1. The lowest BCUT2D eigenvalue weighted by molar-refractivity contribution is 0.0577. The van der Waals surface area contributed by atoms with E-state index in [0.717, 1.165) is 35.9 Å². The zero-order chi connectivity index (χ0) is 19.6. The average Bonchev–Trinajstić information content (AvgIpc) is 3.04. The second-order valence-electron chi connectivity index (χ2n) is 8.50. The van der Waals surface area contributed by atoms with Crippen molar-refractivity contribution in [3.8, 4) is 5.75 Å². The Morgan fingerprint density at radius 2 is 2.15 bits per heavy atom. The Labute approximate surface area is 161 Å². The van der Waals surface area contributed by atoms with Crippen LogP contribution in [0, 0.1) is 5.41 Å². The summed E-state index contributed by atoms with van der Waals surface area (Å²) in [6.45, 7) is 8.91. The first-order valence-electron chi connectivity index (χ1n) is 9.85. The van der Waals surface area contributed by atoms with Gasteiger partial charge in [0.15, 0.2) is 0 Å². The summed E-state index contributed by atoms with van der Waals surface area (Å²) in [6, 6.07) is 8.09. The van der Waals surface area contributed by atoms with Gasteiger partial charge in [0.2, 0.25) is 0 Å². The van der Waals surface area contributed by atoms with Crippen molar-refractivity contribution in [2.75, 3.05) is 6.54 Å². The van der Waals surface area contributed by atoms with Crippen LogP contribution in [-0.2, 0) is 6.42 Å². The monoisotopic (exact) mass is 370 g/mol. The molecule has 1 unspecified atom stereocenters. The fourth-order valence-electron chi connectivity index (χ4n) is 4.12. The third-order valence-electron chi connectivity index (χ3n) is 5.30. The van der Waals surface area contributed by atoms with Crippen molar-refractivity contribution in [3.63, 3.8) is 0 Å². The Morgan fingerprint density at radius 1 is 1.37 bits per heavy atom. The SMILES string of the molecule is CCCCc1cc(O[C@@H]2CCN(C(=O)O)C2C(C)(C)C)c2ncccc2c1. The van der Waals surface area contributed by atoms with Crippen molar-refractivity contribution in [2.45, 2.75) is 65.5 Å². The van der Waals surface area contributed by atoms with E-state index in [0.29, 0.717) is 13.0 Å². The molecule has 0 spiro atoms. The highest BCUT2D eigenvalue weighted by Crippen LogP contribution is 2.37. The van der Waals surface area contributed by atoms with E-state index in [4.69, 9.17) is 4.74 Å². The van der Waals surface area contributed by atoms with Crippen LogP contribution in [0.2, 0.25) is 0 Å². The molecular weight excluding hydrogens is 340 g/mol. The molecule has 1 aromatic heterocycles. The lowest BCUT2D eigenvalue weighted by Gasteiger charge is -2.36. The Morgan fingerprint density at radius 3 is 2.81 bits per heavy atom. The average molecular weight is 370 g/mol. The summed E-state index contributed by atoms with van der Waals surface area (Å²) in [5, 5.41) is 10.7. The molecule has 1 aliphatic rings. The highest BCUT2D eigenvalue weighted by molar-refractivity contribution is 5.85. The first-order valence-corrected chi connectivity index (χ1v) is 9.85. The minimum Gasteiger partial charge on any atom is -0.486 e. The summed E-state index contributed by atoms with van der Waals surface area (Å²) in [5.41, 5.74) is 1.88. The summed E-state index contributed by atoms with van der Waals surface area (Å²) in [5.74, 6) is 0.769. The molecule has 2 atom stereocenters. The molecule has 2 heterocycles. The fourth-order valence-corrected chi connectivity index (χ4v) is 4.12. The van der Waals surface area contributed by atoms with E-state index in [1.807, 2.05) is 6.07 Å². The van der Waals surface area contributed by atoms with E-state index in [1.165, 1.54) is 10.5 Å². The van der Waals surface area contributed by atoms with E-state index in [-0.39, 0.29) is 17.6 Å². The summed E-state index contributed by atoms with van der Waals surface area (Å²) in [6.07, 6.45) is 4.71. The zero-order valence-electron chi connectivity index (χ0n) is 16.7. The van der Waals surface area contributed by atoms with E-state index in [2.05, 4.69) is 50.9 Å². The number of hydrogen-bond donors (Lipinski definition) is 1. The Kier molecular flexibility index (Phi) is 5.59. The van der Waals surface area contributed by atoms with Crippen LogP contribution < -0.4 is 4.74 Å². The smallest absolute Gasteiger partial charge is 0.407 e. The fraction of sp³-hybridized carbons (Fsp3) is 0.545. The maximum Gasteiger partial charge on any atom is 0.407 e. The summed E-state index contributed by atoms with van der Waals surface area (Å²) >= 11 is 0. The van der Waals surface area contributed by atoms with Crippen molar-refractivity contribution in [1.82, 2.24) is 9.88 Å². The molecule has 3 rings (SSSR count). The molecule has 1 aliphatic heterocycles. The molecule has 5 nitrogen and oxygen atoms in total. The molecule has 0 bridgehead atoms. The zero-order valence-corrected chi connectivity index (χ0v) is 16.7. The first kappa shape index (κ1) is 19.5. The minimum absolute atomic E-state index is 0.173. The number of nitrogens with zero attached hydrogens (tertiary/aromatic N) is 2. The van der Waals surface area contributed by atoms with Crippen LogP contribution in [0.4, 0.5) is 4.79 Å². The van der Waals surface area contributed by atoms with Crippen molar-refractivity contribution in [3.05, 3.63) is 36.0 Å². The third-order valence-corrected chi connectivity index (χ3v) is 5.30. The number of likely N-dealkylation sites (tertiary alicyclic amines) is 1. The van der Waals surface area contributed by atoms with Gasteiger partial charge in [-0.3, -0.25) is 4.98 Å². The van der Waals surface area contributed by atoms with Gasteiger partial charge in [0.05, 0.1) is 6.04 Å². The van der Waals surface area contributed by atoms with Gasteiger partial charge in [-0.25, -0.2) is 4.79 Å². The number of ether oxygens (including phenoxy) is 1. The predicted octanol–water partition coefficient (Wildman–Crippen LogP) is 5.12. The van der Waals surface area contributed by atoms with E-state index >= 15 is 0 Å². The van der Waals surface area contributed by atoms with E-state index in [9.17, 15) is 9.90 Å². The standard InChI is InChI=1S/C22H30N2O3/c1-5-6-8-15-13-16-9-7-11-23-19(16)18(14-15)27-17-10-12-24(21(25)26)20(17)22(2,3)4/h7,9,11,13-14,17,20H,5-6,8,10,12H2,1-4H3,(H,25,26)/t17-,20?/m1/s1. The maximum absolute atomic E-state index is 11.7. The predicted molar refractivity (Wildman–Crippen MR) is 107 cm³/mol. The lowest BCUT2D eigenvalue weighted by Crippen LogP contribution is -2.48. The Bertz CT molecular complexity index is 813. The number of aromatic nitrogens is 1. The molecule has 1 amide bonds. The molecule has 1 aromatic carbocycles. The Balaban J connectivity index is 1.96. The number of benzene rings is 1. The second kappa shape index (κ2) is 7.75. The molecule has 1 saturated heterocycles. The summed E-state index contributed by atoms with van der Waals surface area (Å²) in [7, 11) is 0. The van der Waals surface area contributed by atoms with Gasteiger partial charge in [0.1, 0.15) is 17.4 Å². The number of fused-ring (bicyclic) bond motifs is 1. The van der Waals surface area contributed by atoms with Gasteiger partial charge in [-0.1, -0.05) is 40.2 Å². The van der Waals surface area contributed by atoms with E-state index < -0.39 is 6.09 Å². The van der Waals surface area contributed by atoms with Crippen molar-refractivity contribution >= 4 is 17.0 Å². The topological polar surface area (TPSA) is 62.7 Å². The van der Waals surface area contributed by atoms with Crippen molar-refractivity contribution in [1.29, 1.82) is 0 Å². The normalized spacial score (nSPS) is 20.2.